The van der Waals surface area contributed by atoms with Crippen LogP contribution in [0.1, 0.15) is 107 Å². The molecule has 0 aliphatic heterocycles. The van der Waals surface area contributed by atoms with Crippen LogP contribution >= 0.6 is 0 Å². The summed E-state index contributed by atoms with van der Waals surface area (Å²) >= 11 is 0. The highest BCUT2D eigenvalue weighted by molar-refractivity contribution is 5.20. The van der Waals surface area contributed by atoms with E-state index in [4.69, 9.17) is 0 Å². The molecule has 0 amide bonds. The van der Waals surface area contributed by atoms with Crippen molar-refractivity contribution >= 4 is 0 Å². The molecule has 0 heterocycles. The molecule has 0 aromatic carbocycles. The van der Waals surface area contributed by atoms with E-state index in [1.807, 2.05) is 13.0 Å². The standard InChI is InChI=1S/C30H52O4/c1-25(2,33)13-9-14-30(8,34)19-10-16-29(7)24(19)20(31)18-22-27(5)15-12-23(32)26(3,4)21(27)11-17-28(22,29)6/h9,13,19-24,31-34H,10-12,14-18H2,1-8H3. The van der Waals surface area contributed by atoms with Gasteiger partial charge in [-0.3, -0.25) is 0 Å². The Balaban J connectivity index is 1.66. The first-order valence-electron chi connectivity index (χ1n) is 13.9. The number of hydrogen-bond acceptors (Lipinski definition) is 4. The number of rotatable bonds is 4. The van der Waals surface area contributed by atoms with E-state index in [1.165, 1.54) is 0 Å². The predicted molar refractivity (Wildman–Crippen MR) is 137 cm³/mol. The van der Waals surface area contributed by atoms with E-state index in [9.17, 15) is 20.4 Å². The Bertz CT molecular complexity index is 809. The summed E-state index contributed by atoms with van der Waals surface area (Å²) in [5.74, 6) is 1.04. The fourth-order valence-corrected chi connectivity index (χ4v) is 10.2. The van der Waals surface area contributed by atoms with Gasteiger partial charge >= 0.3 is 0 Å². The van der Waals surface area contributed by atoms with Gasteiger partial charge in [-0.15, -0.1) is 0 Å². The average molecular weight is 477 g/mol. The molecule has 4 heteroatoms. The Labute approximate surface area is 208 Å². The molecule has 0 radical (unpaired) electrons. The molecule has 0 spiro atoms. The molecule has 0 aromatic rings. The molecule has 196 valence electrons. The van der Waals surface area contributed by atoms with Crippen LogP contribution in [-0.2, 0) is 0 Å². The average Bonchev–Trinajstić information content (AvgIpc) is 3.07. The van der Waals surface area contributed by atoms with Crippen LogP contribution in [0.3, 0.4) is 0 Å². The van der Waals surface area contributed by atoms with Gasteiger partial charge in [0.1, 0.15) is 0 Å². The molecule has 0 bridgehead atoms. The molecule has 4 N–H and O–H groups in total. The molecule has 0 saturated heterocycles. The molecule has 34 heavy (non-hydrogen) atoms. The highest BCUT2D eigenvalue weighted by Crippen LogP contribution is 2.75. The summed E-state index contributed by atoms with van der Waals surface area (Å²) in [4.78, 5) is 0. The van der Waals surface area contributed by atoms with Crippen molar-refractivity contribution in [1.29, 1.82) is 0 Å². The van der Waals surface area contributed by atoms with Gasteiger partial charge in [0, 0.05) is 0 Å². The van der Waals surface area contributed by atoms with Crippen LogP contribution in [0, 0.1) is 45.3 Å². The maximum absolute atomic E-state index is 11.8. The van der Waals surface area contributed by atoms with Gasteiger partial charge in [-0.25, -0.2) is 0 Å². The lowest BCUT2D eigenvalue weighted by molar-refractivity contribution is -0.246. The van der Waals surface area contributed by atoms with Crippen LogP contribution in [-0.4, -0.2) is 43.8 Å². The fraction of sp³-hybridized carbons (Fsp3) is 0.933. The van der Waals surface area contributed by atoms with E-state index in [0.717, 1.165) is 44.9 Å². The van der Waals surface area contributed by atoms with Crippen molar-refractivity contribution in [2.24, 2.45) is 45.3 Å². The lowest BCUT2D eigenvalue weighted by Gasteiger charge is -2.70. The molecule has 4 rings (SSSR count). The summed E-state index contributed by atoms with van der Waals surface area (Å²) in [5, 5.41) is 44.3. The van der Waals surface area contributed by atoms with E-state index in [2.05, 4.69) is 34.6 Å². The first-order valence-corrected chi connectivity index (χ1v) is 13.9. The Morgan fingerprint density at radius 3 is 2.06 bits per heavy atom. The summed E-state index contributed by atoms with van der Waals surface area (Å²) < 4.78 is 0. The first kappa shape index (κ1) is 26.6. The molecule has 4 saturated carbocycles. The van der Waals surface area contributed by atoms with Crippen molar-refractivity contribution in [3.05, 3.63) is 12.2 Å². The summed E-state index contributed by atoms with van der Waals surface area (Å²) in [6, 6.07) is 0. The van der Waals surface area contributed by atoms with Crippen LogP contribution in [0.25, 0.3) is 0 Å². The number of aliphatic hydroxyl groups is 4. The van der Waals surface area contributed by atoms with Crippen molar-refractivity contribution in [1.82, 2.24) is 0 Å². The van der Waals surface area contributed by atoms with Crippen molar-refractivity contribution in [3.8, 4) is 0 Å². The van der Waals surface area contributed by atoms with Crippen LogP contribution in [0.15, 0.2) is 12.2 Å². The van der Waals surface area contributed by atoms with E-state index in [0.29, 0.717) is 18.3 Å². The Kier molecular flexibility index (Phi) is 6.30. The van der Waals surface area contributed by atoms with Gasteiger partial charge < -0.3 is 20.4 Å². The minimum Gasteiger partial charge on any atom is -0.393 e. The lowest BCUT2D eigenvalue weighted by atomic mass is 9.35. The van der Waals surface area contributed by atoms with Gasteiger partial charge in [-0.1, -0.05) is 46.8 Å². The van der Waals surface area contributed by atoms with Crippen molar-refractivity contribution in [2.45, 2.75) is 130 Å². The quantitative estimate of drug-likeness (QED) is 0.406. The van der Waals surface area contributed by atoms with Gasteiger partial charge in [0.25, 0.3) is 0 Å². The van der Waals surface area contributed by atoms with Crippen molar-refractivity contribution in [2.75, 3.05) is 0 Å². The van der Waals surface area contributed by atoms with Gasteiger partial charge in [0.05, 0.1) is 23.4 Å². The minimum atomic E-state index is -0.910. The molecule has 4 fully saturated rings. The highest BCUT2D eigenvalue weighted by Gasteiger charge is 2.71. The minimum absolute atomic E-state index is 0.0157. The zero-order valence-corrected chi connectivity index (χ0v) is 23.1. The second kappa shape index (κ2) is 8.04. The Morgan fingerprint density at radius 2 is 1.44 bits per heavy atom. The molecule has 4 aliphatic carbocycles. The Morgan fingerprint density at radius 1 is 0.824 bits per heavy atom. The summed E-state index contributed by atoms with van der Waals surface area (Å²) in [6.45, 7) is 17.3. The van der Waals surface area contributed by atoms with Gasteiger partial charge in [-0.2, -0.15) is 0 Å². The summed E-state index contributed by atoms with van der Waals surface area (Å²) in [7, 11) is 0. The van der Waals surface area contributed by atoms with E-state index < -0.39 is 17.3 Å². The van der Waals surface area contributed by atoms with Gasteiger partial charge in [0.15, 0.2) is 0 Å². The van der Waals surface area contributed by atoms with E-state index in [1.54, 1.807) is 19.9 Å². The van der Waals surface area contributed by atoms with Crippen molar-refractivity contribution in [3.63, 3.8) is 0 Å². The van der Waals surface area contributed by atoms with E-state index in [-0.39, 0.29) is 39.6 Å². The number of aliphatic hydroxyl groups excluding tert-OH is 2. The van der Waals surface area contributed by atoms with E-state index >= 15 is 0 Å². The third kappa shape index (κ3) is 3.76. The third-order valence-corrected chi connectivity index (χ3v) is 12.2. The van der Waals surface area contributed by atoms with Crippen LogP contribution in [0.5, 0.6) is 0 Å². The molecule has 4 nitrogen and oxygen atoms in total. The molecular formula is C30H52O4. The second-order valence-electron chi connectivity index (χ2n) is 15.0. The molecule has 4 aliphatic rings. The topological polar surface area (TPSA) is 80.9 Å². The smallest absolute Gasteiger partial charge is 0.0771 e. The van der Waals surface area contributed by atoms with Crippen LogP contribution < -0.4 is 0 Å². The number of fused-ring (bicyclic) bond motifs is 5. The number of hydrogen-bond donors (Lipinski definition) is 4. The highest BCUT2D eigenvalue weighted by atomic mass is 16.3. The molecule has 0 aromatic heterocycles. The van der Waals surface area contributed by atoms with Gasteiger partial charge in [-0.05, 0) is 117 Å². The summed E-state index contributed by atoms with van der Waals surface area (Å²) in [6.07, 6.45) is 10.5. The lowest BCUT2D eigenvalue weighted by Crippen LogP contribution is -2.66. The van der Waals surface area contributed by atoms with Gasteiger partial charge in [0.2, 0.25) is 0 Å². The second-order valence-corrected chi connectivity index (χ2v) is 15.0. The fourth-order valence-electron chi connectivity index (χ4n) is 10.2. The molecule has 10 unspecified atom stereocenters. The molecular weight excluding hydrogens is 424 g/mol. The maximum atomic E-state index is 11.8. The normalized spacial score (nSPS) is 50.4. The Hall–Kier alpha value is -0.420. The molecule has 10 atom stereocenters. The SMILES string of the molecule is CC(C)(O)C=CCC(C)(O)C1CCC2(C)C1C(O)CC1C3(C)CCC(O)C(C)(C)C3CCC12C. The predicted octanol–water partition coefficient (Wildman–Crippen LogP) is 5.47. The zero-order valence-electron chi connectivity index (χ0n) is 23.1. The third-order valence-electron chi connectivity index (χ3n) is 12.2. The largest absolute Gasteiger partial charge is 0.393 e. The summed E-state index contributed by atoms with van der Waals surface area (Å²) in [5.41, 5.74) is -1.66. The zero-order chi connectivity index (χ0) is 25.5. The van der Waals surface area contributed by atoms with Crippen LogP contribution in [0.2, 0.25) is 0 Å². The first-order chi connectivity index (χ1) is 15.4. The van der Waals surface area contributed by atoms with Crippen LogP contribution in [0.4, 0.5) is 0 Å². The maximum Gasteiger partial charge on any atom is 0.0771 e. The monoisotopic (exact) mass is 476 g/mol. The van der Waals surface area contributed by atoms with Crippen molar-refractivity contribution < 1.29 is 20.4 Å².